The fourth-order valence-electron chi connectivity index (χ4n) is 1.21. The van der Waals surface area contributed by atoms with Crippen LogP contribution in [-0.2, 0) is 9.59 Å². The predicted octanol–water partition coefficient (Wildman–Crippen LogP) is -3.87. The van der Waals surface area contributed by atoms with Gasteiger partial charge in [-0.05, 0) is 0 Å². The van der Waals surface area contributed by atoms with E-state index in [9.17, 15) is 9.59 Å². The number of carbonyl (C=O) groups is 2. The van der Waals surface area contributed by atoms with Gasteiger partial charge in [0.25, 0.3) is 0 Å². The van der Waals surface area contributed by atoms with Gasteiger partial charge in [0.05, 0.1) is 21.1 Å². The molecule has 0 spiro atoms. The first-order valence-corrected chi connectivity index (χ1v) is 9.06. The summed E-state index contributed by atoms with van der Waals surface area (Å²) in [4.78, 5) is 20.3. The van der Waals surface area contributed by atoms with Gasteiger partial charge >= 0.3 is 0 Å². The van der Waals surface area contributed by atoms with Crippen molar-refractivity contribution in [2.45, 2.75) is 44.5 Å². The molecule has 0 amide bonds. The van der Waals surface area contributed by atoms with Gasteiger partial charge in [-0.2, -0.15) is 0 Å². The number of carbonyl (C=O) groups excluding carboxylic acids is 2. The Bertz CT molecular complexity index is 316. The molecule has 0 radical (unpaired) electrons. The zero-order chi connectivity index (χ0) is 19.4. The van der Waals surface area contributed by atoms with E-state index in [1.54, 1.807) is 45.2 Å². The molecule has 0 aliphatic carbocycles. The summed E-state index contributed by atoms with van der Waals surface area (Å²) in [6.07, 6.45) is -7.63. The quantitative estimate of drug-likeness (QED) is 0.0720. The molecule has 0 aliphatic rings. The summed E-state index contributed by atoms with van der Waals surface area (Å²) >= 11 is 3.25. The number of halogens is 2. The Morgan fingerprint density at radius 1 is 0.625 bits per heavy atom. The van der Waals surface area contributed by atoms with Crippen molar-refractivity contribution in [3.63, 3.8) is 0 Å². The lowest BCUT2D eigenvalue weighted by molar-refractivity contribution is -0.114. The Morgan fingerprint density at radius 2 is 0.875 bits per heavy atom. The smallest absolute Gasteiger partial charge is 0.135 e. The van der Waals surface area contributed by atoms with Crippen LogP contribution in [0.1, 0.15) is 0 Å². The molecule has 12 heteroatoms. The van der Waals surface area contributed by atoms with Crippen LogP contribution in [0.15, 0.2) is 0 Å². The molecule has 0 aromatic carbocycles. The van der Waals surface area contributed by atoms with Crippen molar-refractivity contribution in [2.24, 2.45) is 0 Å². The zero-order valence-electron chi connectivity index (χ0n) is 12.3. The van der Waals surface area contributed by atoms with Crippen molar-refractivity contribution in [1.29, 1.82) is 0 Å². The topological polar surface area (TPSA) is 196 Å². The van der Waals surface area contributed by atoms with Crippen LogP contribution in [-0.4, -0.2) is 111 Å². The van der Waals surface area contributed by atoms with E-state index in [1.807, 2.05) is 0 Å². The van der Waals surface area contributed by atoms with E-state index in [4.69, 9.17) is 40.9 Å². The van der Waals surface area contributed by atoms with Crippen LogP contribution in [0.3, 0.4) is 0 Å². The molecule has 24 heavy (non-hydrogen) atoms. The van der Waals surface area contributed by atoms with Gasteiger partial charge in [0.1, 0.15) is 49.2 Å². The van der Waals surface area contributed by atoms with Crippen molar-refractivity contribution >= 4 is 57.8 Å². The first-order chi connectivity index (χ1) is 11.1. The van der Waals surface area contributed by atoms with Gasteiger partial charge in [0, 0.05) is 0 Å². The Kier molecular flexibility index (Phi) is 16.3. The van der Waals surface area contributed by atoms with Gasteiger partial charge < -0.3 is 50.4 Å². The summed E-state index contributed by atoms with van der Waals surface area (Å²) in [6, 6.07) is 0. The Balaban J connectivity index is 0. The number of hydrogen-bond donors (Lipinski definition) is 8. The summed E-state index contributed by atoms with van der Waals surface area (Å²) < 4.78 is -1.59. The van der Waals surface area contributed by atoms with E-state index in [0.29, 0.717) is 12.6 Å². The predicted molar refractivity (Wildman–Crippen MR) is 98.0 cm³/mol. The SMILES string of the molecule is O=C[C@@H](I)[C@@H](O)[C@H](O)[C@H](O)CO.O=C[C@H](I)[C@@H](O)[C@H](O)[C@H](O)CO. The van der Waals surface area contributed by atoms with Crippen molar-refractivity contribution in [1.82, 2.24) is 0 Å². The van der Waals surface area contributed by atoms with Crippen LogP contribution >= 0.6 is 45.2 Å². The van der Waals surface area contributed by atoms with Gasteiger partial charge in [0.15, 0.2) is 0 Å². The minimum absolute atomic E-state index is 0.457. The molecule has 10 nitrogen and oxygen atoms in total. The molecular weight excluding hydrogens is 558 g/mol. The summed E-state index contributed by atoms with van der Waals surface area (Å²) in [5, 5.41) is 70.9. The number of hydrogen-bond acceptors (Lipinski definition) is 10. The largest absolute Gasteiger partial charge is 0.394 e. The Labute approximate surface area is 165 Å². The molecular formula is C12H22I2O10. The Hall–Kier alpha value is 0.480. The molecule has 0 aliphatic heterocycles. The van der Waals surface area contributed by atoms with Gasteiger partial charge in [-0.3, -0.25) is 0 Å². The van der Waals surface area contributed by atoms with Crippen molar-refractivity contribution in [2.75, 3.05) is 13.2 Å². The summed E-state index contributed by atoms with van der Waals surface area (Å²) in [5.41, 5.74) is 0. The molecule has 0 aromatic heterocycles. The second-order valence-corrected chi connectivity index (χ2v) is 7.50. The molecule has 144 valence electrons. The number of alkyl halides is 2. The molecule has 8 N–H and O–H groups in total. The summed E-state index contributed by atoms with van der Waals surface area (Å²) in [7, 11) is 0. The standard InChI is InChI=1S/2C6H11IO5/c2*7-3(1-8)5(11)6(12)4(10)2-9/h2*1,3-6,9-12H,2H2/t3-,4+,5+,6+;3-,4-,5-,6-/m01/s1. The third-order valence-electron chi connectivity index (χ3n) is 2.77. The molecule has 0 heterocycles. The van der Waals surface area contributed by atoms with Crippen molar-refractivity contribution in [3.05, 3.63) is 0 Å². The van der Waals surface area contributed by atoms with Crippen LogP contribution in [0.5, 0.6) is 0 Å². The van der Waals surface area contributed by atoms with E-state index in [1.165, 1.54) is 0 Å². The molecule has 0 saturated carbocycles. The molecule has 0 fully saturated rings. The van der Waals surface area contributed by atoms with Crippen LogP contribution in [0.4, 0.5) is 0 Å². The molecule has 0 rings (SSSR count). The fourth-order valence-corrected chi connectivity index (χ4v) is 2.06. The number of aliphatic hydroxyl groups is 8. The lowest BCUT2D eigenvalue weighted by Crippen LogP contribution is -2.44. The lowest BCUT2D eigenvalue weighted by atomic mass is 10.1. The van der Waals surface area contributed by atoms with E-state index < -0.39 is 57.7 Å². The fraction of sp³-hybridized carbons (Fsp3) is 0.833. The van der Waals surface area contributed by atoms with E-state index in [-0.39, 0.29) is 0 Å². The van der Waals surface area contributed by atoms with Crippen LogP contribution < -0.4 is 0 Å². The van der Waals surface area contributed by atoms with Gasteiger partial charge in [-0.1, -0.05) is 45.2 Å². The first kappa shape index (κ1) is 26.7. The summed E-state index contributed by atoms with van der Waals surface area (Å²) in [6.45, 7) is -1.30. The first-order valence-electron chi connectivity index (χ1n) is 6.57. The average Bonchev–Trinajstić information content (AvgIpc) is 2.62. The third-order valence-corrected chi connectivity index (χ3v) is 4.84. The van der Waals surface area contributed by atoms with Crippen molar-refractivity contribution in [3.8, 4) is 0 Å². The average molecular weight is 580 g/mol. The zero-order valence-corrected chi connectivity index (χ0v) is 16.7. The normalized spacial score (nSPS) is 21.1. The number of aldehydes is 2. The Morgan fingerprint density at radius 3 is 1.04 bits per heavy atom. The monoisotopic (exact) mass is 580 g/mol. The van der Waals surface area contributed by atoms with Crippen molar-refractivity contribution < 1.29 is 50.4 Å². The van der Waals surface area contributed by atoms with Crippen LogP contribution in [0.2, 0.25) is 0 Å². The van der Waals surface area contributed by atoms with Crippen LogP contribution in [0.25, 0.3) is 0 Å². The minimum Gasteiger partial charge on any atom is -0.394 e. The van der Waals surface area contributed by atoms with Crippen LogP contribution in [0, 0.1) is 0 Å². The third kappa shape index (κ3) is 9.83. The van der Waals surface area contributed by atoms with E-state index >= 15 is 0 Å². The van der Waals surface area contributed by atoms with E-state index in [0.717, 1.165) is 0 Å². The maximum Gasteiger partial charge on any atom is 0.135 e. The highest BCUT2D eigenvalue weighted by Gasteiger charge is 2.29. The van der Waals surface area contributed by atoms with Gasteiger partial charge in [-0.25, -0.2) is 0 Å². The molecule has 0 saturated heterocycles. The van der Waals surface area contributed by atoms with E-state index in [2.05, 4.69) is 0 Å². The number of aliphatic hydroxyl groups excluding tert-OH is 8. The van der Waals surface area contributed by atoms with Gasteiger partial charge in [-0.15, -0.1) is 0 Å². The lowest BCUT2D eigenvalue weighted by Gasteiger charge is -2.22. The number of rotatable bonds is 10. The highest BCUT2D eigenvalue weighted by atomic mass is 127. The highest BCUT2D eigenvalue weighted by molar-refractivity contribution is 14.1. The van der Waals surface area contributed by atoms with Gasteiger partial charge in [0.2, 0.25) is 0 Å². The maximum absolute atomic E-state index is 10.1. The second kappa shape index (κ2) is 14.6. The highest BCUT2D eigenvalue weighted by Crippen LogP contribution is 2.11. The maximum atomic E-state index is 10.1. The second-order valence-electron chi connectivity index (χ2n) is 4.62. The molecule has 0 unspecified atom stereocenters. The molecule has 8 atom stereocenters. The molecule has 0 bridgehead atoms. The summed E-state index contributed by atoms with van der Waals surface area (Å²) in [5.74, 6) is 0. The minimum atomic E-state index is -1.50. The molecule has 0 aromatic rings.